The average Bonchev–Trinajstić information content (AvgIpc) is 3.09. The summed E-state index contributed by atoms with van der Waals surface area (Å²) in [6.45, 7) is 0.256. The fourth-order valence-corrected chi connectivity index (χ4v) is 3.24. The summed E-state index contributed by atoms with van der Waals surface area (Å²) in [6.07, 6.45) is 0. The second-order valence-corrected chi connectivity index (χ2v) is 5.61. The standard InChI is InChI=1S/C15H11NO4S/c1-18-11-3-2-8(4-10(11)17)15-16-9-5-12-13(20-7-19-12)6-14(9)21-15/h2-6,17H,7H2,1H3. The number of methoxy groups -OCH3 is 1. The second-order valence-electron chi connectivity index (χ2n) is 4.58. The lowest BCUT2D eigenvalue weighted by molar-refractivity contribution is 0.174. The number of aromatic hydroxyl groups is 1. The van der Waals surface area contributed by atoms with Crippen molar-refractivity contribution in [1.82, 2.24) is 4.98 Å². The first-order valence-corrected chi connectivity index (χ1v) is 7.14. The van der Waals surface area contributed by atoms with Gasteiger partial charge in [-0.1, -0.05) is 0 Å². The highest BCUT2D eigenvalue weighted by Gasteiger charge is 2.17. The van der Waals surface area contributed by atoms with E-state index < -0.39 is 0 Å². The van der Waals surface area contributed by atoms with Crippen LogP contribution in [-0.4, -0.2) is 24.0 Å². The summed E-state index contributed by atoms with van der Waals surface area (Å²) in [7, 11) is 1.52. The van der Waals surface area contributed by atoms with Gasteiger partial charge in [0.25, 0.3) is 0 Å². The number of ether oxygens (including phenoxy) is 3. The highest BCUT2D eigenvalue weighted by atomic mass is 32.1. The van der Waals surface area contributed by atoms with Crippen LogP contribution in [-0.2, 0) is 0 Å². The molecular weight excluding hydrogens is 290 g/mol. The number of thiazole rings is 1. The summed E-state index contributed by atoms with van der Waals surface area (Å²) < 4.78 is 16.8. The minimum absolute atomic E-state index is 0.100. The summed E-state index contributed by atoms with van der Waals surface area (Å²) >= 11 is 1.54. The summed E-state index contributed by atoms with van der Waals surface area (Å²) in [5.74, 6) is 2.01. The van der Waals surface area contributed by atoms with Crippen LogP contribution in [0.3, 0.4) is 0 Å². The third kappa shape index (κ3) is 1.95. The van der Waals surface area contributed by atoms with Gasteiger partial charge in [0, 0.05) is 17.7 Å². The maximum atomic E-state index is 9.87. The Morgan fingerprint density at radius 1 is 1.19 bits per heavy atom. The van der Waals surface area contributed by atoms with E-state index in [0.717, 1.165) is 32.3 Å². The molecule has 1 aliphatic heterocycles. The van der Waals surface area contributed by atoms with Crippen molar-refractivity contribution in [1.29, 1.82) is 0 Å². The van der Waals surface area contributed by atoms with Crippen LogP contribution in [0.4, 0.5) is 0 Å². The third-order valence-electron chi connectivity index (χ3n) is 3.31. The van der Waals surface area contributed by atoms with Gasteiger partial charge in [0.15, 0.2) is 23.0 Å². The Bertz CT molecular complexity index is 802. The van der Waals surface area contributed by atoms with E-state index in [-0.39, 0.29) is 12.5 Å². The van der Waals surface area contributed by atoms with Gasteiger partial charge in [-0.2, -0.15) is 0 Å². The smallest absolute Gasteiger partial charge is 0.231 e. The van der Waals surface area contributed by atoms with Gasteiger partial charge in [-0.15, -0.1) is 11.3 Å². The molecule has 3 aromatic rings. The molecule has 0 spiro atoms. The molecule has 0 radical (unpaired) electrons. The molecule has 0 amide bonds. The largest absolute Gasteiger partial charge is 0.504 e. The maximum absolute atomic E-state index is 9.87. The van der Waals surface area contributed by atoms with Gasteiger partial charge >= 0.3 is 0 Å². The monoisotopic (exact) mass is 301 g/mol. The van der Waals surface area contributed by atoms with Crippen LogP contribution in [0.1, 0.15) is 0 Å². The second kappa shape index (κ2) is 4.53. The van der Waals surface area contributed by atoms with Crippen molar-refractivity contribution in [3.63, 3.8) is 0 Å². The third-order valence-corrected chi connectivity index (χ3v) is 4.38. The molecule has 0 saturated carbocycles. The predicted octanol–water partition coefficient (Wildman–Crippen LogP) is 3.41. The quantitative estimate of drug-likeness (QED) is 0.786. The molecule has 6 heteroatoms. The van der Waals surface area contributed by atoms with Crippen molar-refractivity contribution < 1.29 is 19.3 Å². The van der Waals surface area contributed by atoms with E-state index >= 15 is 0 Å². The number of rotatable bonds is 2. The molecule has 106 valence electrons. The van der Waals surface area contributed by atoms with Gasteiger partial charge in [0.05, 0.1) is 17.3 Å². The first kappa shape index (κ1) is 12.3. The SMILES string of the molecule is COc1ccc(-c2nc3cc4c(cc3s2)OCO4)cc1O. The summed E-state index contributed by atoms with van der Waals surface area (Å²) in [6, 6.07) is 9.06. The first-order valence-electron chi connectivity index (χ1n) is 6.32. The number of benzene rings is 2. The molecule has 2 heterocycles. The molecule has 0 saturated heterocycles. The van der Waals surface area contributed by atoms with Gasteiger partial charge in [-0.05, 0) is 18.2 Å². The van der Waals surface area contributed by atoms with Crippen LogP contribution >= 0.6 is 11.3 Å². The molecule has 0 unspecified atom stereocenters. The summed E-state index contributed by atoms with van der Waals surface area (Å²) in [4.78, 5) is 4.59. The number of hydrogen-bond acceptors (Lipinski definition) is 6. The fraction of sp³-hybridized carbons (Fsp3) is 0.133. The lowest BCUT2D eigenvalue weighted by Crippen LogP contribution is -1.92. The topological polar surface area (TPSA) is 60.8 Å². The van der Waals surface area contributed by atoms with Crippen LogP contribution in [0, 0.1) is 0 Å². The molecule has 0 atom stereocenters. The van der Waals surface area contributed by atoms with E-state index in [1.165, 1.54) is 18.4 Å². The molecule has 1 aromatic heterocycles. The molecule has 2 aromatic carbocycles. The number of nitrogens with zero attached hydrogens (tertiary/aromatic N) is 1. The lowest BCUT2D eigenvalue weighted by atomic mass is 10.2. The van der Waals surface area contributed by atoms with Crippen molar-refractivity contribution in [3.8, 4) is 33.6 Å². The van der Waals surface area contributed by atoms with Gasteiger partial charge in [-0.25, -0.2) is 4.98 Å². The van der Waals surface area contributed by atoms with Gasteiger partial charge in [-0.3, -0.25) is 0 Å². The van der Waals surface area contributed by atoms with Gasteiger partial charge in [0.1, 0.15) is 5.01 Å². The Morgan fingerprint density at radius 2 is 2.00 bits per heavy atom. The Hall–Kier alpha value is -2.47. The Balaban J connectivity index is 1.82. The molecule has 5 nitrogen and oxygen atoms in total. The number of hydrogen-bond donors (Lipinski definition) is 1. The summed E-state index contributed by atoms with van der Waals surface area (Å²) in [5.41, 5.74) is 1.70. The molecule has 21 heavy (non-hydrogen) atoms. The number of phenolic OH excluding ortho intramolecular Hbond substituents is 1. The summed E-state index contributed by atoms with van der Waals surface area (Å²) in [5, 5.41) is 10.7. The average molecular weight is 301 g/mol. The van der Waals surface area contributed by atoms with Crippen molar-refractivity contribution >= 4 is 21.6 Å². The van der Waals surface area contributed by atoms with E-state index in [1.807, 2.05) is 18.2 Å². The van der Waals surface area contributed by atoms with Gasteiger partial charge < -0.3 is 19.3 Å². The fourth-order valence-electron chi connectivity index (χ4n) is 2.26. The Kier molecular flexibility index (Phi) is 2.65. The normalized spacial score (nSPS) is 12.8. The van der Waals surface area contributed by atoms with Crippen LogP contribution in [0.15, 0.2) is 30.3 Å². The number of fused-ring (bicyclic) bond motifs is 2. The molecule has 0 bridgehead atoms. The maximum Gasteiger partial charge on any atom is 0.231 e. The molecular formula is C15H11NO4S. The van der Waals surface area contributed by atoms with Crippen LogP contribution in [0.5, 0.6) is 23.0 Å². The van der Waals surface area contributed by atoms with Crippen molar-refractivity contribution in [2.75, 3.05) is 13.9 Å². The van der Waals surface area contributed by atoms with E-state index in [2.05, 4.69) is 4.98 Å². The molecule has 1 N–H and O–H groups in total. The highest BCUT2D eigenvalue weighted by molar-refractivity contribution is 7.21. The van der Waals surface area contributed by atoms with Crippen molar-refractivity contribution in [3.05, 3.63) is 30.3 Å². The molecule has 4 rings (SSSR count). The van der Waals surface area contributed by atoms with E-state index in [9.17, 15) is 5.11 Å². The first-order chi connectivity index (χ1) is 10.2. The zero-order valence-electron chi connectivity index (χ0n) is 11.1. The zero-order valence-corrected chi connectivity index (χ0v) is 11.9. The highest BCUT2D eigenvalue weighted by Crippen LogP contribution is 2.41. The Morgan fingerprint density at radius 3 is 2.76 bits per heavy atom. The van der Waals surface area contributed by atoms with Crippen molar-refractivity contribution in [2.45, 2.75) is 0 Å². The van der Waals surface area contributed by atoms with E-state index in [4.69, 9.17) is 14.2 Å². The zero-order chi connectivity index (χ0) is 14.4. The van der Waals surface area contributed by atoms with Crippen molar-refractivity contribution in [2.24, 2.45) is 0 Å². The van der Waals surface area contributed by atoms with E-state index in [0.29, 0.717) is 5.75 Å². The Labute approximate surface area is 124 Å². The molecule has 0 aliphatic carbocycles. The molecule has 1 aliphatic rings. The molecule has 0 fully saturated rings. The van der Waals surface area contributed by atoms with Crippen LogP contribution in [0.2, 0.25) is 0 Å². The minimum Gasteiger partial charge on any atom is -0.504 e. The lowest BCUT2D eigenvalue weighted by Gasteiger charge is -2.03. The minimum atomic E-state index is 0.100. The van der Waals surface area contributed by atoms with Gasteiger partial charge in [0.2, 0.25) is 6.79 Å². The predicted molar refractivity (Wildman–Crippen MR) is 79.4 cm³/mol. The van der Waals surface area contributed by atoms with Crippen LogP contribution < -0.4 is 14.2 Å². The van der Waals surface area contributed by atoms with Crippen LogP contribution in [0.25, 0.3) is 20.8 Å². The number of aromatic nitrogens is 1. The number of phenols is 1. The van der Waals surface area contributed by atoms with E-state index in [1.54, 1.807) is 12.1 Å².